The standard InChI is InChI=1S/C15H21NO4/c1-2-19-13-5-3-4-6-14(13)20-10-9-16-8-7-12(11-16)15(17)18/h3-6,12H,2,7-11H2,1H3,(H,17,18)/t12-/m0/s1. The molecule has 0 aliphatic carbocycles. The Bertz CT molecular complexity index is 449. The lowest BCUT2D eigenvalue weighted by atomic mass is 10.1. The third-order valence-electron chi connectivity index (χ3n) is 3.44. The molecular formula is C15H21NO4. The summed E-state index contributed by atoms with van der Waals surface area (Å²) >= 11 is 0. The number of hydrogen-bond acceptors (Lipinski definition) is 4. The lowest BCUT2D eigenvalue weighted by Gasteiger charge is -2.16. The Labute approximate surface area is 119 Å². The van der Waals surface area contributed by atoms with Gasteiger partial charge in [-0.15, -0.1) is 0 Å². The largest absolute Gasteiger partial charge is 0.490 e. The summed E-state index contributed by atoms with van der Waals surface area (Å²) in [6.45, 7) is 5.26. The number of benzene rings is 1. The molecular weight excluding hydrogens is 258 g/mol. The van der Waals surface area contributed by atoms with Crippen LogP contribution in [0.1, 0.15) is 13.3 Å². The molecule has 0 spiro atoms. The van der Waals surface area contributed by atoms with E-state index in [-0.39, 0.29) is 5.92 Å². The minimum absolute atomic E-state index is 0.231. The van der Waals surface area contributed by atoms with Gasteiger partial charge >= 0.3 is 5.97 Å². The number of carbonyl (C=O) groups is 1. The van der Waals surface area contributed by atoms with Gasteiger partial charge in [0.15, 0.2) is 11.5 Å². The van der Waals surface area contributed by atoms with Crippen LogP contribution in [-0.4, -0.2) is 48.8 Å². The van der Waals surface area contributed by atoms with E-state index >= 15 is 0 Å². The van der Waals surface area contributed by atoms with E-state index in [0.717, 1.165) is 31.0 Å². The zero-order valence-electron chi connectivity index (χ0n) is 11.7. The molecule has 0 amide bonds. The van der Waals surface area contributed by atoms with E-state index in [0.29, 0.717) is 19.8 Å². The second kappa shape index (κ2) is 7.14. The van der Waals surface area contributed by atoms with Crippen LogP contribution in [-0.2, 0) is 4.79 Å². The Hall–Kier alpha value is -1.75. The van der Waals surface area contributed by atoms with E-state index in [4.69, 9.17) is 14.6 Å². The number of para-hydroxylation sites is 2. The third kappa shape index (κ3) is 3.87. The Balaban J connectivity index is 1.78. The fourth-order valence-corrected chi connectivity index (χ4v) is 2.37. The zero-order chi connectivity index (χ0) is 14.4. The Morgan fingerprint density at radius 3 is 2.65 bits per heavy atom. The van der Waals surface area contributed by atoms with Crippen LogP contribution >= 0.6 is 0 Å². The normalized spacial score (nSPS) is 18.9. The van der Waals surface area contributed by atoms with Crippen molar-refractivity contribution in [1.29, 1.82) is 0 Å². The first-order chi connectivity index (χ1) is 9.70. The highest BCUT2D eigenvalue weighted by molar-refractivity contribution is 5.70. The molecule has 1 atom stereocenters. The van der Waals surface area contributed by atoms with Crippen molar-refractivity contribution in [3.8, 4) is 11.5 Å². The molecule has 1 aromatic rings. The molecule has 0 aromatic heterocycles. The Morgan fingerprint density at radius 1 is 1.35 bits per heavy atom. The van der Waals surface area contributed by atoms with Gasteiger partial charge < -0.3 is 14.6 Å². The van der Waals surface area contributed by atoms with Crippen LogP contribution < -0.4 is 9.47 Å². The minimum atomic E-state index is -0.699. The van der Waals surface area contributed by atoms with E-state index in [1.165, 1.54) is 0 Å². The minimum Gasteiger partial charge on any atom is -0.490 e. The Kier molecular flexibility index (Phi) is 5.24. The van der Waals surface area contributed by atoms with Crippen LogP contribution in [0.4, 0.5) is 0 Å². The highest BCUT2D eigenvalue weighted by Crippen LogP contribution is 2.26. The molecule has 1 aromatic carbocycles. The van der Waals surface area contributed by atoms with Crippen molar-refractivity contribution in [2.24, 2.45) is 5.92 Å². The maximum absolute atomic E-state index is 10.9. The predicted octanol–water partition coefficient (Wildman–Crippen LogP) is 1.87. The molecule has 2 rings (SSSR count). The van der Waals surface area contributed by atoms with Gasteiger partial charge in [0.25, 0.3) is 0 Å². The molecule has 1 saturated heterocycles. The van der Waals surface area contributed by atoms with E-state index in [9.17, 15) is 4.79 Å². The van der Waals surface area contributed by atoms with Gasteiger partial charge in [-0.05, 0) is 32.0 Å². The molecule has 1 fully saturated rings. The number of carboxylic acids is 1. The van der Waals surface area contributed by atoms with Gasteiger partial charge in [0, 0.05) is 13.1 Å². The number of carboxylic acid groups (broad SMARTS) is 1. The first kappa shape index (κ1) is 14.7. The molecule has 1 aliphatic rings. The maximum atomic E-state index is 10.9. The predicted molar refractivity (Wildman–Crippen MR) is 75.3 cm³/mol. The third-order valence-corrected chi connectivity index (χ3v) is 3.44. The van der Waals surface area contributed by atoms with Gasteiger partial charge in [-0.3, -0.25) is 9.69 Å². The van der Waals surface area contributed by atoms with E-state index in [1.54, 1.807) is 0 Å². The summed E-state index contributed by atoms with van der Waals surface area (Å²) in [5.41, 5.74) is 0. The van der Waals surface area contributed by atoms with Crippen molar-refractivity contribution in [3.63, 3.8) is 0 Å². The molecule has 110 valence electrons. The molecule has 20 heavy (non-hydrogen) atoms. The number of hydrogen-bond donors (Lipinski definition) is 1. The summed E-state index contributed by atoms with van der Waals surface area (Å²) in [6.07, 6.45) is 0.727. The zero-order valence-corrected chi connectivity index (χ0v) is 11.7. The lowest BCUT2D eigenvalue weighted by molar-refractivity contribution is -0.141. The van der Waals surface area contributed by atoms with Crippen LogP contribution in [0.3, 0.4) is 0 Å². The lowest BCUT2D eigenvalue weighted by Crippen LogP contribution is -2.27. The number of aliphatic carboxylic acids is 1. The summed E-state index contributed by atoms with van der Waals surface area (Å²) in [4.78, 5) is 13.0. The van der Waals surface area contributed by atoms with Gasteiger partial charge in [0.2, 0.25) is 0 Å². The van der Waals surface area contributed by atoms with Gasteiger partial charge in [0.05, 0.1) is 12.5 Å². The first-order valence-electron chi connectivity index (χ1n) is 7.00. The van der Waals surface area contributed by atoms with Crippen molar-refractivity contribution < 1.29 is 19.4 Å². The summed E-state index contributed by atoms with van der Waals surface area (Å²) in [5, 5.41) is 8.96. The average molecular weight is 279 g/mol. The topological polar surface area (TPSA) is 59.0 Å². The number of likely N-dealkylation sites (tertiary alicyclic amines) is 1. The van der Waals surface area contributed by atoms with Crippen molar-refractivity contribution in [2.45, 2.75) is 13.3 Å². The van der Waals surface area contributed by atoms with Crippen molar-refractivity contribution >= 4 is 5.97 Å². The number of nitrogens with zero attached hydrogens (tertiary/aromatic N) is 1. The Morgan fingerprint density at radius 2 is 2.05 bits per heavy atom. The average Bonchev–Trinajstić information content (AvgIpc) is 2.90. The van der Waals surface area contributed by atoms with Crippen LogP contribution in [0.2, 0.25) is 0 Å². The molecule has 1 heterocycles. The van der Waals surface area contributed by atoms with Gasteiger partial charge in [-0.1, -0.05) is 12.1 Å². The van der Waals surface area contributed by atoms with E-state index in [2.05, 4.69) is 4.90 Å². The van der Waals surface area contributed by atoms with Crippen LogP contribution in [0.25, 0.3) is 0 Å². The van der Waals surface area contributed by atoms with Crippen molar-refractivity contribution in [3.05, 3.63) is 24.3 Å². The molecule has 1 aliphatic heterocycles. The summed E-state index contributed by atoms with van der Waals surface area (Å²) in [6, 6.07) is 7.59. The van der Waals surface area contributed by atoms with Crippen molar-refractivity contribution in [2.75, 3.05) is 32.8 Å². The summed E-state index contributed by atoms with van der Waals surface area (Å²) < 4.78 is 11.2. The molecule has 1 N–H and O–H groups in total. The van der Waals surface area contributed by atoms with E-state index in [1.807, 2.05) is 31.2 Å². The monoisotopic (exact) mass is 279 g/mol. The molecule has 5 heteroatoms. The molecule has 0 unspecified atom stereocenters. The summed E-state index contributed by atoms with van der Waals surface area (Å²) in [5.74, 6) is 0.559. The highest BCUT2D eigenvalue weighted by Gasteiger charge is 2.27. The fraction of sp³-hybridized carbons (Fsp3) is 0.533. The quantitative estimate of drug-likeness (QED) is 0.825. The van der Waals surface area contributed by atoms with Crippen LogP contribution in [0.5, 0.6) is 11.5 Å². The molecule has 0 saturated carbocycles. The van der Waals surface area contributed by atoms with E-state index < -0.39 is 5.97 Å². The molecule has 5 nitrogen and oxygen atoms in total. The number of rotatable bonds is 7. The highest BCUT2D eigenvalue weighted by atomic mass is 16.5. The molecule has 0 bridgehead atoms. The van der Waals surface area contributed by atoms with Gasteiger partial charge in [0.1, 0.15) is 6.61 Å². The van der Waals surface area contributed by atoms with Crippen LogP contribution in [0, 0.1) is 5.92 Å². The van der Waals surface area contributed by atoms with Crippen LogP contribution in [0.15, 0.2) is 24.3 Å². The van der Waals surface area contributed by atoms with Gasteiger partial charge in [-0.2, -0.15) is 0 Å². The van der Waals surface area contributed by atoms with Crippen molar-refractivity contribution in [1.82, 2.24) is 4.90 Å². The van der Waals surface area contributed by atoms with Gasteiger partial charge in [-0.25, -0.2) is 0 Å². The SMILES string of the molecule is CCOc1ccccc1OCCN1CC[C@H](C(=O)O)C1. The number of ether oxygens (including phenoxy) is 2. The molecule has 0 radical (unpaired) electrons. The maximum Gasteiger partial charge on any atom is 0.307 e. The first-order valence-corrected chi connectivity index (χ1v) is 7.00. The smallest absolute Gasteiger partial charge is 0.307 e. The fourth-order valence-electron chi connectivity index (χ4n) is 2.37. The second-order valence-electron chi connectivity index (χ2n) is 4.85. The second-order valence-corrected chi connectivity index (χ2v) is 4.85. The summed E-state index contributed by atoms with van der Waals surface area (Å²) in [7, 11) is 0.